The number of piperidine rings is 1. The van der Waals surface area contributed by atoms with Crippen LogP contribution in [0, 0.1) is 11.6 Å². The van der Waals surface area contributed by atoms with E-state index in [2.05, 4.69) is 0 Å². The molecule has 1 aliphatic rings. The highest BCUT2D eigenvalue weighted by molar-refractivity contribution is 5.79. The molecular formula is C24H22F2N2O. The van der Waals surface area contributed by atoms with Crippen LogP contribution in [0.5, 0.6) is 0 Å². The van der Waals surface area contributed by atoms with Crippen molar-refractivity contribution in [3.63, 3.8) is 0 Å². The number of amides is 1. The van der Waals surface area contributed by atoms with Gasteiger partial charge < -0.3 is 4.90 Å². The summed E-state index contributed by atoms with van der Waals surface area (Å²) in [6.07, 6.45) is 2.09. The van der Waals surface area contributed by atoms with Crippen LogP contribution in [0.25, 0.3) is 11.3 Å². The number of benzene rings is 2. The summed E-state index contributed by atoms with van der Waals surface area (Å²) in [5.41, 5.74) is 2.77. The molecule has 5 heteroatoms. The third-order valence-electron chi connectivity index (χ3n) is 5.38. The first kappa shape index (κ1) is 19.2. The van der Waals surface area contributed by atoms with Gasteiger partial charge in [-0.25, -0.2) is 8.78 Å². The van der Waals surface area contributed by atoms with Gasteiger partial charge in [-0.1, -0.05) is 30.3 Å². The fourth-order valence-corrected chi connectivity index (χ4v) is 3.83. The van der Waals surface area contributed by atoms with E-state index in [-0.39, 0.29) is 29.9 Å². The van der Waals surface area contributed by atoms with Crippen molar-refractivity contribution in [3.8, 4) is 11.3 Å². The van der Waals surface area contributed by atoms with E-state index >= 15 is 0 Å². The first-order chi connectivity index (χ1) is 14.1. The molecule has 1 saturated heterocycles. The molecule has 0 bridgehead atoms. The molecule has 3 aromatic rings. The number of carbonyl (C=O) groups is 1. The Labute approximate surface area is 169 Å². The smallest absolute Gasteiger partial charge is 0.227 e. The van der Waals surface area contributed by atoms with Gasteiger partial charge in [-0.05, 0) is 54.8 Å². The van der Waals surface area contributed by atoms with E-state index in [1.165, 1.54) is 18.2 Å². The molecule has 1 amide bonds. The molecule has 0 saturated carbocycles. The van der Waals surface area contributed by atoms with Gasteiger partial charge >= 0.3 is 0 Å². The summed E-state index contributed by atoms with van der Waals surface area (Å²) in [6, 6.07) is 18.3. The number of aromatic nitrogens is 1. The van der Waals surface area contributed by atoms with Crippen LogP contribution in [-0.2, 0) is 11.2 Å². The Bertz CT molecular complexity index is 1000. The molecule has 1 fully saturated rings. The Morgan fingerprint density at radius 2 is 1.79 bits per heavy atom. The second-order valence-electron chi connectivity index (χ2n) is 7.41. The number of likely N-dealkylation sites (tertiary alicyclic amines) is 1. The lowest BCUT2D eigenvalue weighted by molar-refractivity contribution is -0.131. The van der Waals surface area contributed by atoms with E-state index in [9.17, 15) is 13.6 Å². The predicted molar refractivity (Wildman–Crippen MR) is 108 cm³/mol. The average molecular weight is 392 g/mol. The van der Waals surface area contributed by atoms with Crippen molar-refractivity contribution in [2.75, 3.05) is 13.1 Å². The molecule has 148 valence electrons. The minimum absolute atomic E-state index is 0.0339. The van der Waals surface area contributed by atoms with Crippen LogP contribution in [0.15, 0.2) is 66.7 Å². The largest absolute Gasteiger partial charge is 0.342 e. The number of hydrogen-bond donors (Lipinski definition) is 0. The molecule has 4 rings (SSSR count). The van der Waals surface area contributed by atoms with Crippen molar-refractivity contribution in [2.24, 2.45) is 0 Å². The first-order valence-electron chi connectivity index (χ1n) is 9.84. The fourth-order valence-electron chi connectivity index (χ4n) is 3.83. The van der Waals surface area contributed by atoms with Crippen LogP contribution >= 0.6 is 0 Å². The van der Waals surface area contributed by atoms with E-state index in [0.29, 0.717) is 24.3 Å². The van der Waals surface area contributed by atoms with Gasteiger partial charge in [0, 0.05) is 30.3 Å². The normalized spacial score (nSPS) is 16.6. The zero-order chi connectivity index (χ0) is 20.2. The summed E-state index contributed by atoms with van der Waals surface area (Å²) in [6.45, 7) is 1.30. The van der Waals surface area contributed by atoms with Crippen LogP contribution in [0.1, 0.15) is 30.0 Å². The lowest BCUT2D eigenvalue weighted by Crippen LogP contribution is -2.40. The number of hydrogen-bond acceptors (Lipinski definition) is 2. The molecule has 0 N–H and O–H groups in total. The van der Waals surface area contributed by atoms with Crippen molar-refractivity contribution < 1.29 is 13.6 Å². The van der Waals surface area contributed by atoms with Gasteiger partial charge in [0.2, 0.25) is 5.91 Å². The van der Waals surface area contributed by atoms with E-state index in [1.54, 1.807) is 30.3 Å². The maximum absolute atomic E-state index is 14.1. The Morgan fingerprint density at radius 3 is 2.59 bits per heavy atom. The van der Waals surface area contributed by atoms with Gasteiger partial charge in [-0.2, -0.15) is 0 Å². The molecular weight excluding hydrogens is 370 g/mol. The van der Waals surface area contributed by atoms with Crippen molar-refractivity contribution >= 4 is 5.91 Å². The zero-order valence-electron chi connectivity index (χ0n) is 16.0. The molecule has 1 atom stereocenters. The van der Waals surface area contributed by atoms with Gasteiger partial charge in [-0.3, -0.25) is 9.78 Å². The maximum atomic E-state index is 14.1. The number of halogens is 2. The Hall–Kier alpha value is -3.08. The van der Waals surface area contributed by atoms with Crippen molar-refractivity contribution in [3.05, 3.63) is 89.6 Å². The third-order valence-corrected chi connectivity index (χ3v) is 5.38. The number of carbonyl (C=O) groups excluding carboxylic acids is 1. The van der Waals surface area contributed by atoms with E-state index < -0.39 is 0 Å². The van der Waals surface area contributed by atoms with Crippen molar-refractivity contribution in [1.82, 2.24) is 9.88 Å². The first-order valence-corrected chi connectivity index (χ1v) is 9.84. The number of nitrogens with zero attached hydrogens (tertiary/aromatic N) is 2. The highest BCUT2D eigenvalue weighted by Crippen LogP contribution is 2.28. The Kier molecular flexibility index (Phi) is 5.65. The third kappa shape index (κ3) is 4.50. The molecule has 1 aromatic heterocycles. The Morgan fingerprint density at radius 1 is 1.00 bits per heavy atom. The standard InChI is InChI=1S/C24H22F2N2O/c25-19-12-10-17(11-13-19)15-24(29)28-14-4-5-18(16-28)22-8-3-9-23(27-22)20-6-1-2-7-21(20)26/h1-3,6-13,18H,4-5,14-16H2. The minimum Gasteiger partial charge on any atom is -0.342 e. The van der Waals surface area contributed by atoms with Crippen LogP contribution in [-0.4, -0.2) is 28.9 Å². The molecule has 1 unspecified atom stereocenters. The molecule has 2 aromatic carbocycles. The summed E-state index contributed by atoms with van der Waals surface area (Å²) in [4.78, 5) is 19.3. The van der Waals surface area contributed by atoms with Crippen LogP contribution in [0.4, 0.5) is 8.78 Å². The lowest BCUT2D eigenvalue weighted by Gasteiger charge is -2.32. The zero-order valence-corrected chi connectivity index (χ0v) is 16.0. The molecule has 2 heterocycles. The summed E-state index contributed by atoms with van der Waals surface area (Å²) < 4.78 is 27.2. The fraction of sp³-hybridized carbons (Fsp3) is 0.250. The Balaban J connectivity index is 1.48. The van der Waals surface area contributed by atoms with Gasteiger partial charge in [0.25, 0.3) is 0 Å². The van der Waals surface area contributed by atoms with E-state index in [4.69, 9.17) is 4.98 Å². The van der Waals surface area contributed by atoms with E-state index in [1.807, 2.05) is 23.1 Å². The highest BCUT2D eigenvalue weighted by Gasteiger charge is 2.26. The predicted octanol–water partition coefficient (Wildman–Crippen LogP) is 4.98. The van der Waals surface area contributed by atoms with Crippen LogP contribution in [0.2, 0.25) is 0 Å². The van der Waals surface area contributed by atoms with Crippen LogP contribution in [0.3, 0.4) is 0 Å². The second kappa shape index (κ2) is 8.52. The molecule has 0 radical (unpaired) electrons. The van der Waals surface area contributed by atoms with Crippen molar-refractivity contribution in [2.45, 2.75) is 25.2 Å². The second-order valence-corrected chi connectivity index (χ2v) is 7.41. The van der Waals surface area contributed by atoms with Crippen molar-refractivity contribution in [1.29, 1.82) is 0 Å². The maximum Gasteiger partial charge on any atom is 0.227 e. The lowest BCUT2D eigenvalue weighted by atomic mass is 9.93. The molecule has 0 spiro atoms. The number of pyridine rings is 1. The average Bonchev–Trinajstić information content (AvgIpc) is 2.76. The van der Waals surface area contributed by atoms with Gasteiger partial charge in [0.1, 0.15) is 11.6 Å². The summed E-state index contributed by atoms with van der Waals surface area (Å²) in [5.74, 6) is -0.448. The van der Waals surface area contributed by atoms with Crippen LogP contribution < -0.4 is 0 Å². The highest BCUT2D eigenvalue weighted by atomic mass is 19.1. The SMILES string of the molecule is O=C(Cc1ccc(F)cc1)N1CCCC(c2cccc(-c3ccccc3F)n2)C1. The summed E-state index contributed by atoms with van der Waals surface area (Å²) in [5, 5.41) is 0. The summed E-state index contributed by atoms with van der Waals surface area (Å²) >= 11 is 0. The number of rotatable bonds is 4. The molecule has 29 heavy (non-hydrogen) atoms. The van der Waals surface area contributed by atoms with E-state index in [0.717, 1.165) is 24.1 Å². The van der Waals surface area contributed by atoms with Gasteiger partial charge in [0.05, 0.1) is 12.1 Å². The van der Waals surface area contributed by atoms with Gasteiger partial charge in [-0.15, -0.1) is 0 Å². The summed E-state index contributed by atoms with van der Waals surface area (Å²) in [7, 11) is 0. The van der Waals surface area contributed by atoms with Gasteiger partial charge in [0.15, 0.2) is 0 Å². The molecule has 0 aliphatic carbocycles. The monoisotopic (exact) mass is 392 g/mol. The molecule has 3 nitrogen and oxygen atoms in total. The minimum atomic E-state index is -0.306. The topological polar surface area (TPSA) is 33.2 Å². The molecule has 1 aliphatic heterocycles. The quantitative estimate of drug-likeness (QED) is 0.628.